The quantitative estimate of drug-likeness (QED) is 0.416. The number of hydrogen-bond donors (Lipinski definition) is 0. The molecule has 0 atom stereocenters. The molecule has 3 heterocycles. The average Bonchev–Trinajstić information content (AvgIpc) is 3.02. The van der Waals surface area contributed by atoms with Gasteiger partial charge in [0.05, 0.1) is 22.5 Å². The number of fused-ring (bicyclic) bond motifs is 1. The Morgan fingerprint density at radius 3 is 2.45 bits per heavy atom. The van der Waals surface area contributed by atoms with Crippen LogP contribution in [0.3, 0.4) is 0 Å². The van der Waals surface area contributed by atoms with Crippen molar-refractivity contribution in [1.82, 2.24) is 14.3 Å². The van der Waals surface area contributed by atoms with Gasteiger partial charge < -0.3 is 4.42 Å². The summed E-state index contributed by atoms with van der Waals surface area (Å²) in [5.41, 5.74) is 3.63. The van der Waals surface area contributed by atoms with Crippen LogP contribution in [0, 0.1) is 6.92 Å². The fourth-order valence-corrected chi connectivity index (χ4v) is 3.87. The van der Waals surface area contributed by atoms with Crippen molar-refractivity contribution in [2.45, 2.75) is 6.92 Å². The molecule has 0 radical (unpaired) electrons. The molecule has 0 aliphatic carbocycles. The van der Waals surface area contributed by atoms with Crippen LogP contribution in [0.5, 0.6) is 0 Å². The van der Waals surface area contributed by atoms with Crippen LogP contribution in [0.4, 0.5) is 0 Å². The van der Waals surface area contributed by atoms with E-state index in [-0.39, 0.29) is 5.56 Å². The number of para-hydroxylation sites is 2. The lowest BCUT2D eigenvalue weighted by Crippen LogP contribution is -2.20. The topological polar surface area (TPSA) is 70.0 Å². The molecule has 5 aromatic rings. The maximum atomic E-state index is 13.3. The summed E-state index contributed by atoms with van der Waals surface area (Å²) in [5.74, 6) is 0. The molecular weight excluding hydrogens is 390 g/mol. The number of nitrogens with zero attached hydrogens (tertiary/aromatic N) is 3. The van der Waals surface area contributed by atoms with Crippen molar-refractivity contribution >= 4 is 11.0 Å². The summed E-state index contributed by atoms with van der Waals surface area (Å²) < 4.78 is 8.92. The molecule has 6 nitrogen and oxygen atoms in total. The van der Waals surface area contributed by atoms with E-state index in [1.54, 1.807) is 35.1 Å². The van der Waals surface area contributed by atoms with Gasteiger partial charge in [-0.3, -0.25) is 14.5 Å². The van der Waals surface area contributed by atoms with Crippen LogP contribution in [0.2, 0.25) is 0 Å². The largest absolute Gasteiger partial charge is 0.422 e. The molecule has 31 heavy (non-hydrogen) atoms. The molecule has 0 N–H and O–H groups in total. The molecule has 6 heteroatoms. The van der Waals surface area contributed by atoms with Crippen molar-refractivity contribution in [3.63, 3.8) is 0 Å². The van der Waals surface area contributed by atoms with E-state index in [4.69, 9.17) is 4.42 Å². The molecule has 0 aliphatic rings. The van der Waals surface area contributed by atoms with E-state index in [0.717, 1.165) is 16.8 Å². The van der Waals surface area contributed by atoms with E-state index >= 15 is 0 Å². The summed E-state index contributed by atoms with van der Waals surface area (Å²) in [7, 11) is 1.85. The van der Waals surface area contributed by atoms with Gasteiger partial charge in [-0.2, -0.15) is 0 Å². The van der Waals surface area contributed by atoms with Crippen molar-refractivity contribution in [3.05, 3.63) is 105 Å². The molecule has 0 amide bonds. The standard InChI is InChI=1S/C25H19N3O3/c1-16-23(24(29)28(27(16)2)19-9-4-3-5-10-19)18-12-13-26-21(15-18)20-14-17-8-6-7-11-22(17)31-25(20)30/h3-15H,1-2H3. The molecule has 0 saturated heterocycles. The van der Waals surface area contributed by atoms with Crippen LogP contribution in [-0.2, 0) is 7.05 Å². The Morgan fingerprint density at radius 2 is 1.65 bits per heavy atom. The third-order valence-electron chi connectivity index (χ3n) is 5.52. The number of hydrogen-bond acceptors (Lipinski definition) is 4. The highest BCUT2D eigenvalue weighted by atomic mass is 16.4. The van der Waals surface area contributed by atoms with Crippen LogP contribution in [-0.4, -0.2) is 14.3 Å². The second-order valence-corrected chi connectivity index (χ2v) is 7.35. The number of rotatable bonds is 3. The van der Waals surface area contributed by atoms with Gasteiger partial charge in [0.25, 0.3) is 5.56 Å². The molecule has 2 aromatic carbocycles. The van der Waals surface area contributed by atoms with Gasteiger partial charge in [0, 0.05) is 24.3 Å². The summed E-state index contributed by atoms with van der Waals surface area (Å²) in [6.45, 7) is 1.90. The fraction of sp³-hybridized carbons (Fsp3) is 0.0800. The summed E-state index contributed by atoms with van der Waals surface area (Å²) in [6.07, 6.45) is 1.61. The van der Waals surface area contributed by atoms with E-state index in [9.17, 15) is 9.59 Å². The van der Waals surface area contributed by atoms with Gasteiger partial charge in [-0.25, -0.2) is 9.48 Å². The minimum Gasteiger partial charge on any atom is -0.422 e. The lowest BCUT2D eigenvalue weighted by atomic mass is 10.0. The van der Waals surface area contributed by atoms with E-state index in [2.05, 4.69) is 4.98 Å². The second kappa shape index (κ2) is 7.25. The van der Waals surface area contributed by atoms with Gasteiger partial charge in [0.2, 0.25) is 0 Å². The Bertz CT molecular complexity index is 1540. The molecule has 3 aromatic heterocycles. The minimum atomic E-state index is -0.463. The van der Waals surface area contributed by atoms with E-state index in [0.29, 0.717) is 28.0 Å². The zero-order valence-corrected chi connectivity index (χ0v) is 17.1. The Kier molecular flexibility index (Phi) is 4.40. The Labute approximate surface area is 177 Å². The Hall–Kier alpha value is -4.19. The first-order valence-electron chi connectivity index (χ1n) is 9.88. The average molecular weight is 409 g/mol. The van der Waals surface area contributed by atoms with E-state index in [1.807, 2.05) is 67.2 Å². The van der Waals surface area contributed by atoms with Crippen molar-refractivity contribution in [1.29, 1.82) is 0 Å². The van der Waals surface area contributed by atoms with Crippen molar-refractivity contribution in [3.8, 4) is 28.1 Å². The maximum absolute atomic E-state index is 13.3. The molecule has 0 saturated carbocycles. The van der Waals surface area contributed by atoms with Crippen LogP contribution in [0.1, 0.15) is 5.69 Å². The molecule has 5 rings (SSSR count). The summed E-state index contributed by atoms with van der Waals surface area (Å²) in [5, 5.41) is 0.812. The predicted octanol–water partition coefficient (Wildman–Crippen LogP) is 4.32. The number of pyridine rings is 1. The molecule has 0 bridgehead atoms. The first-order chi connectivity index (χ1) is 15.0. The number of aromatic nitrogens is 3. The fourth-order valence-electron chi connectivity index (χ4n) is 3.87. The number of benzene rings is 2. The summed E-state index contributed by atoms with van der Waals surface area (Å²) in [4.78, 5) is 30.3. The highest BCUT2D eigenvalue weighted by Crippen LogP contribution is 2.26. The smallest absolute Gasteiger partial charge is 0.345 e. The Balaban J connectivity index is 1.69. The van der Waals surface area contributed by atoms with Crippen LogP contribution < -0.4 is 11.2 Å². The third kappa shape index (κ3) is 3.09. The molecule has 0 spiro atoms. The van der Waals surface area contributed by atoms with Gasteiger partial charge in [-0.15, -0.1) is 0 Å². The summed E-state index contributed by atoms with van der Waals surface area (Å²) in [6, 6.07) is 22.1. The summed E-state index contributed by atoms with van der Waals surface area (Å²) >= 11 is 0. The van der Waals surface area contributed by atoms with Gasteiger partial charge in [0.15, 0.2) is 0 Å². The van der Waals surface area contributed by atoms with E-state index < -0.39 is 5.63 Å². The van der Waals surface area contributed by atoms with Crippen molar-refractivity contribution in [2.24, 2.45) is 7.05 Å². The van der Waals surface area contributed by atoms with Gasteiger partial charge >= 0.3 is 5.63 Å². The van der Waals surface area contributed by atoms with Crippen LogP contribution in [0.25, 0.3) is 39.0 Å². The zero-order chi connectivity index (χ0) is 21.5. The minimum absolute atomic E-state index is 0.131. The molecule has 0 unspecified atom stereocenters. The second-order valence-electron chi connectivity index (χ2n) is 7.35. The van der Waals surface area contributed by atoms with Gasteiger partial charge in [-0.1, -0.05) is 36.4 Å². The first kappa shape index (κ1) is 18.8. The Morgan fingerprint density at radius 1 is 0.903 bits per heavy atom. The highest BCUT2D eigenvalue weighted by molar-refractivity contribution is 5.81. The van der Waals surface area contributed by atoms with Gasteiger partial charge in [0.1, 0.15) is 5.58 Å². The zero-order valence-electron chi connectivity index (χ0n) is 17.1. The molecule has 0 fully saturated rings. The van der Waals surface area contributed by atoms with Gasteiger partial charge in [-0.05, 0) is 48.9 Å². The van der Waals surface area contributed by atoms with Crippen LogP contribution in [0.15, 0.2) is 93.0 Å². The lowest BCUT2D eigenvalue weighted by molar-refractivity contribution is 0.563. The SMILES string of the molecule is Cc1c(-c2ccnc(-c3cc4ccccc4oc3=O)c2)c(=O)n(-c2ccccc2)n1C. The van der Waals surface area contributed by atoms with Crippen molar-refractivity contribution in [2.75, 3.05) is 0 Å². The van der Waals surface area contributed by atoms with E-state index in [1.165, 1.54) is 0 Å². The maximum Gasteiger partial charge on any atom is 0.345 e. The monoisotopic (exact) mass is 409 g/mol. The molecule has 152 valence electrons. The first-order valence-corrected chi connectivity index (χ1v) is 9.88. The lowest BCUT2D eigenvalue weighted by Gasteiger charge is -2.07. The molecular formula is C25H19N3O3. The predicted molar refractivity (Wildman–Crippen MR) is 120 cm³/mol. The van der Waals surface area contributed by atoms with Crippen LogP contribution >= 0.6 is 0 Å². The third-order valence-corrected chi connectivity index (χ3v) is 5.52. The highest BCUT2D eigenvalue weighted by Gasteiger charge is 2.19. The van der Waals surface area contributed by atoms with Crippen molar-refractivity contribution < 1.29 is 4.42 Å². The normalized spacial score (nSPS) is 11.2. The molecule has 0 aliphatic heterocycles.